The number of urea groups is 1. The molecule has 126 valence electrons. The van der Waals surface area contributed by atoms with Gasteiger partial charge in [-0.3, -0.25) is 19.9 Å². The van der Waals surface area contributed by atoms with Crippen LogP contribution in [0.3, 0.4) is 0 Å². The van der Waals surface area contributed by atoms with Crippen LogP contribution in [0.2, 0.25) is 5.02 Å². The van der Waals surface area contributed by atoms with Gasteiger partial charge in [-0.25, -0.2) is 9.69 Å². The van der Waals surface area contributed by atoms with Crippen LogP contribution >= 0.6 is 34.2 Å². The molecule has 1 atom stereocenters. The van der Waals surface area contributed by atoms with Gasteiger partial charge in [-0.15, -0.1) is 0 Å². The van der Waals surface area contributed by atoms with E-state index in [2.05, 4.69) is 32.9 Å². The molecule has 1 saturated heterocycles. The Bertz CT molecular complexity index is 883. The van der Waals surface area contributed by atoms with Gasteiger partial charge < -0.3 is 0 Å². The summed E-state index contributed by atoms with van der Waals surface area (Å²) in [4.78, 5) is 41.8. The molecule has 2 aromatic rings. The summed E-state index contributed by atoms with van der Waals surface area (Å²) in [6.07, 6.45) is 1.25. The molecule has 1 aliphatic heterocycles. The lowest BCUT2D eigenvalue weighted by molar-refractivity contribution is -0.131. The van der Waals surface area contributed by atoms with E-state index in [4.69, 9.17) is 11.6 Å². The van der Waals surface area contributed by atoms with E-state index >= 15 is 0 Å². The van der Waals surface area contributed by atoms with E-state index in [0.29, 0.717) is 16.4 Å². The second-order valence-corrected chi connectivity index (χ2v) is 6.86. The number of anilines is 1. The van der Waals surface area contributed by atoms with E-state index in [1.807, 2.05) is 18.2 Å². The van der Waals surface area contributed by atoms with Crippen molar-refractivity contribution in [3.63, 3.8) is 0 Å². The van der Waals surface area contributed by atoms with Gasteiger partial charge in [0.1, 0.15) is 0 Å². The molecule has 0 bridgehead atoms. The summed E-state index contributed by atoms with van der Waals surface area (Å²) in [6.45, 7) is 0. The van der Waals surface area contributed by atoms with Crippen LogP contribution in [0.25, 0.3) is 0 Å². The van der Waals surface area contributed by atoms with Crippen molar-refractivity contribution < 1.29 is 14.4 Å². The Labute approximate surface area is 162 Å². The SMILES string of the molecule is O=C1NC(=O)N(c2ccc(Cl)cc2)C(=O)[C@@H]1C=Nc1cccc(I)c1. The van der Waals surface area contributed by atoms with E-state index in [9.17, 15) is 14.4 Å². The number of hydrogen-bond donors (Lipinski definition) is 1. The van der Waals surface area contributed by atoms with Crippen LogP contribution in [-0.2, 0) is 9.59 Å². The molecule has 4 amide bonds. The number of carbonyl (C=O) groups is 3. The van der Waals surface area contributed by atoms with Crippen LogP contribution in [0.4, 0.5) is 16.2 Å². The molecule has 0 spiro atoms. The molecule has 8 heteroatoms. The zero-order chi connectivity index (χ0) is 18.0. The number of carbonyl (C=O) groups excluding carboxylic acids is 3. The Balaban J connectivity index is 1.89. The molecule has 1 N–H and O–H groups in total. The number of nitrogens with zero attached hydrogens (tertiary/aromatic N) is 2. The minimum atomic E-state index is -1.19. The maximum Gasteiger partial charge on any atom is 0.335 e. The Kier molecular flexibility index (Phi) is 5.14. The van der Waals surface area contributed by atoms with Gasteiger partial charge in [0, 0.05) is 14.8 Å². The summed E-state index contributed by atoms with van der Waals surface area (Å²) >= 11 is 7.97. The Morgan fingerprint density at radius 1 is 1.12 bits per heavy atom. The molecule has 0 radical (unpaired) electrons. The van der Waals surface area contributed by atoms with Crippen molar-refractivity contribution >= 4 is 69.6 Å². The van der Waals surface area contributed by atoms with Gasteiger partial charge >= 0.3 is 6.03 Å². The maximum atomic E-state index is 12.6. The average molecular weight is 468 g/mol. The van der Waals surface area contributed by atoms with E-state index in [0.717, 1.165) is 8.47 Å². The highest BCUT2D eigenvalue weighted by molar-refractivity contribution is 14.1. The summed E-state index contributed by atoms with van der Waals surface area (Å²) in [5.74, 6) is -2.55. The van der Waals surface area contributed by atoms with Crippen molar-refractivity contribution in [3.8, 4) is 0 Å². The molecule has 3 rings (SSSR count). The van der Waals surface area contributed by atoms with Crippen LogP contribution in [0, 0.1) is 9.49 Å². The van der Waals surface area contributed by atoms with Crippen LogP contribution in [0.15, 0.2) is 53.5 Å². The number of nitrogens with one attached hydrogen (secondary N) is 1. The number of amides is 4. The van der Waals surface area contributed by atoms with Crippen molar-refractivity contribution in [1.29, 1.82) is 0 Å². The zero-order valence-corrected chi connectivity index (χ0v) is 15.6. The van der Waals surface area contributed by atoms with Crippen LogP contribution in [0.5, 0.6) is 0 Å². The second kappa shape index (κ2) is 7.32. The van der Waals surface area contributed by atoms with E-state index in [1.54, 1.807) is 18.2 Å². The lowest BCUT2D eigenvalue weighted by Gasteiger charge is -2.28. The monoisotopic (exact) mass is 467 g/mol. The summed E-state index contributed by atoms with van der Waals surface area (Å²) < 4.78 is 0.977. The Morgan fingerprint density at radius 2 is 1.84 bits per heavy atom. The number of benzene rings is 2. The van der Waals surface area contributed by atoms with Gasteiger partial charge in [-0.2, -0.15) is 0 Å². The van der Waals surface area contributed by atoms with Crippen LogP contribution in [0.1, 0.15) is 0 Å². The lowest BCUT2D eigenvalue weighted by atomic mass is 10.1. The number of rotatable bonds is 3. The van der Waals surface area contributed by atoms with Crippen LogP contribution < -0.4 is 10.2 Å². The third kappa shape index (κ3) is 3.88. The van der Waals surface area contributed by atoms with Crippen molar-refractivity contribution in [2.45, 2.75) is 0 Å². The third-order valence-electron chi connectivity index (χ3n) is 3.47. The highest BCUT2D eigenvalue weighted by Gasteiger charge is 2.40. The van der Waals surface area contributed by atoms with Gasteiger partial charge in [-0.05, 0) is 65.1 Å². The number of halogens is 2. The fourth-order valence-corrected chi connectivity index (χ4v) is 2.93. The predicted octanol–water partition coefficient (Wildman–Crippen LogP) is 3.55. The summed E-state index contributed by atoms with van der Waals surface area (Å²) in [5.41, 5.74) is 0.939. The highest BCUT2D eigenvalue weighted by atomic mass is 127. The summed E-state index contributed by atoms with van der Waals surface area (Å²) in [6, 6.07) is 12.7. The number of imide groups is 2. The molecule has 0 aliphatic carbocycles. The molecule has 1 aliphatic rings. The predicted molar refractivity (Wildman–Crippen MR) is 103 cm³/mol. The number of aliphatic imine (C=N–C) groups is 1. The lowest BCUT2D eigenvalue weighted by Crippen LogP contribution is -2.58. The first-order valence-electron chi connectivity index (χ1n) is 7.20. The molecule has 0 saturated carbocycles. The molecule has 1 fully saturated rings. The minimum Gasteiger partial charge on any atom is -0.276 e. The topological polar surface area (TPSA) is 78.8 Å². The van der Waals surface area contributed by atoms with Gasteiger partial charge in [0.05, 0.1) is 11.4 Å². The minimum absolute atomic E-state index is 0.326. The maximum absolute atomic E-state index is 12.6. The summed E-state index contributed by atoms with van der Waals surface area (Å²) in [7, 11) is 0. The normalized spacial score (nSPS) is 17.9. The highest BCUT2D eigenvalue weighted by Crippen LogP contribution is 2.23. The van der Waals surface area contributed by atoms with E-state index in [-0.39, 0.29) is 0 Å². The molecular formula is C17H11ClIN3O3. The number of barbiturate groups is 1. The summed E-state index contributed by atoms with van der Waals surface area (Å²) in [5, 5.41) is 2.65. The fourth-order valence-electron chi connectivity index (χ4n) is 2.27. The van der Waals surface area contributed by atoms with Gasteiger partial charge in [-0.1, -0.05) is 17.7 Å². The first-order valence-corrected chi connectivity index (χ1v) is 8.65. The average Bonchev–Trinajstić information content (AvgIpc) is 2.56. The molecule has 25 heavy (non-hydrogen) atoms. The molecule has 1 heterocycles. The van der Waals surface area contributed by atoms with Gasteiger partial charge in [0.25, 0.3) is 5.91 Å². The largest absolute Gasteiger partial charge is 0.335 e. The Hall–Kier alpha value is -2.26. The quantitative estimate of drug-likeness (QED) is 0.426. The first kappa shape index (κ1) is 17.6. The number of hydrogen-bond acceptors (Lipinski definition) is 4. The zero-order valence-electron chi connectivity index (χ0n) is 12.6. The van der Waals surface area contributed by atoms with Crippen molar-refractivity contribution in [1.82, 2.24) is 5.32 Å². The van der Waals surface area contributed by atoms with Crippen LogP contribution in [-0.4, -0.2) is 24.1 Å². The smallest absolute Gasteiger partial charge is 0.276 e. The van der Waals surface area contributed by atoms with E-state index < -0.39 is 23.8 Å². The Morgan fingerprint density at radius 3 is 2.52 bits per heavy atom. The van der Waals surface area contributed by atoms with E-state index in [1.165, 1.54) is 18.3 Å². The van der Waals surface area contributed by atoms with Crippen molar-refractivity contribution in [2.75, 3.05) is 4.90 Å². The van der Waals surface area contributed by atoms with Crippen molar-refractivity contribution in [2.24, 2.45) is 10.9 Å². The molecule has 0 aromatic heterocycles. The second-order valence-electron chi connectivity index (χ2n) is 5.18. The van der Waals surface area contributed by atoms with Gasteiger partial charge in [0.15, 0.2) is 5.92 Å². The molecule has 6 nitrogen and oxygen atoms in total. The molecule has 2 aromatic carbocycles. The first-order chi connectivity index (χ1) is 12.0. The molecule has 0 unspecified atom stereocenters. The molecular weight excluding hydrogens is 457 g/mol. The standard InChI is InChI=1S/C17H11ClIN3O3/c18-10-4-6-13(7-5-10)22-16(24)14(15(23)21-17(22)25)9-20-12-3-1-2-11(19)8-12/h1-9,14H,(H,21,23,25)/t14-/m1/s1. The fraction of sp³-hybridized carbons (Fsp3) is 0.0588. The van der Waals surface area contributed by atoms with Crippen molar-refractivity contribution in [3.05, 3.63) is 57.1 Å². The third-order valence-corrected chi connectivity index (χ3v) is 4.39. The van der Waals surface area contributed by atoms with Gasteiger partial charge in [0.2, 0.25) is 5.91 Å².